The highest BCUT2D eigenvalue weighted by Crippen LogP contribution is 2.27. The topological polar surface area (TPSA) is 85.1 Å². The second kappa shape index (κ2) is 5.50. The Kier molecular flexibility index (Phi) is 4.06. The molecule has 0 radical (unpaired) electrons. The molecule has 0 atom stereocenters. The number of rotatable bonds is 3. The number of nitrogen functional groups attached to an aromatic ring is 1. The summed E-state index contributed by atoms with van der Waals surface area (Å²) in [5.74, 6) is -0.635. The van der Waals surface area contributed by atoms with E-state index in [0.29, 0.717) is 5.56 Å². The summed E-state index contributed by atoms with van der Waals surface area (Å²) in [6.07, 6.45) is 1.47. The van der Waals surface area contributed by atoms with Crippen molar-refractivity contribution in [3.63, 3.8) is 0 Å². The van der Waals surface area contributed by atoms with E-state index in [0.717, 1.165) is 6.07 Å². The van der Waals surface area contributed by atoms with E-state index in [1.165, 1.54) is 19.2 Å². The lowest BCUT2D eigenvalue weighted by molar-refractivity contribution is 0.599. The van der Waals surface area contributed by atoms with Crippen LogP contribution in [0.2, 0.25) is 5.15 Å². The molecule has 0 bridgehead atoms. The number of hydrogen-bond donors (Lipinski definition) is 2. The van der Waals surface area contributed by atoms with E-state index < -0.39 is 15.8 Å². The molecule has 0 aliphatic heterocycles. The lowest BCUT2D eigenvalue weighted by Gasteiger charge is -2.12. The van der Waals surface area contributed by atoms with Crippen molar-refractivity contribution < 1.29 is 12.8 Å². The maximum absolute atomic E-state index is 13.5. The Morgan fingerprint density at radius 1 is 1.29 bits per heavy atom. The Morgan fingerprint density at radius 3 is 2.52 bits per heavy atom. The highest BCUT2D eigenvalue weighted by Gasteiger charge is 2.20. The molecule has 112 valence electrons. The molecule has 0 aliphatic carbocycles. The zero-order valence-electron chi connectivity index (χ0n) is 11.3. The number of anilines is 2. The molecule has 0 saturated carbocycles. The van der Waals surface area contributed by atoms with Crippen molar-refractivity contribution in [2.24, 2.45) is 0 Å². The second-order valence-corrected chi connectivity index (χ2v) is 6.58. The van der Waals surface area contributed by atoms with Crippen molar-refractivity contribution in [1.82, 2.24) is 4.98 Å². The molecule has 21 heavy (non-hydrogen) atoms. The Bertz CT molecular complexity index is 766. The SMILES string of the molecule is Cc1cc(S(=O)(=O)Nc2c(C)ccnc2Cl)cc(N)c1F. The largest absolute Gasteiger partial charge is 0.396 e. The van der Waals surface area contributed by atoms with Crippen LogP contribution in [0.4, 0.5) is 15.8 Å². The molecule has 1 aromatic carbocycles. The molecular weight excluding hydrogens is 317 g/mol. The van der Waals surface area contributed by atoms with Gasteiger partial charge in [-0.2, -0.15) is 0 Å². The van der Waals surface area contributed by atoms with Crippen LogP contribution in [-0.4, -0.2) is 13.4 Å². The first-order valence-electron chi connectivity index (χ1n) is 5.92. The predicted molar refractivity (Wildman–Crippen MR) is 80.3 cm³/mol. The average Bonchev–Trinajstić information content (AvgIpc) is 2.40. The van der Waals surface area contributed by atoms with Gasteiger partial charge in [0.15, 0.2) is 5.15 Å². The van der Waals surface area contributed by atoms with E-state index in [1.54, 1.807) is 13.0 Å². The summed E-state index contributed by atoms with van der Waals surface area (Å²) in [5.41, 5.74) is 6.17. The fraction of sp³-hybridized carbons (Fsp3) is 0.154. The van der Waals surface area contributed by atoms with Crippen molar-refractivity contribution in [2.45, 2.75) is 18.7 Å². The predicted octanol–water partition coefficient (Wildman–Crippen LogP) is 2.87. The number of nitrogens with zero attached hydrogens (tertiary/aromatic N) is 1. The summed E-state index contributed by atoms with van der Waals surface area (Å²) >= 11 is 5.89. The number of hydrogen-bond acceptors (Lipinski definition) is 4. The Balaban J connectivity index is 2.49. The lowest BCUT2D eigenvalue weighted by Crippen LogP contribution is -2.15. The molecule has 1 aromatic heterocycles. The first-order chi connectivity index (χ1) is 9.72. The van der Waals surface area contributed by atoms with Gasteiger partial charge in [0, 0.05) is 6.20 Å². The molecule has 2 aromatic rings. The van der Waals surface area contributed by atoms with Crippen LogP contribution in [0.5, 0.6) is 0 Å². The van der Waals surface area contributed by atoms with Gasteiger partial charge in [0.2, 0.25) is 0 Å². The number of nitrogens with one attached hydrogen (secondary N) is 1. The highest BCUT2D eigenvalue weighted by atomic mass is 35.5. The van der Waals surface area contributed by atoms with E-state index in [1.807, 2.05) is 0 Å². The Labute approximate surface area is 127 Å². The minimum Gasteiger partial charge on any atom is -0.396 e. The molecule has 0 unspecified atom stereocenters. The molecule has 3 N–H and O–H groups in total. The summed E-state index contributed by atoms with van der Waals surface area (Å²) in [5, 5.41) is 0.0328. The average molecular weight is 330 g/mol. The van der Waals surface area contributed by atoms with E-state index in [9.17, 15) is 12.8 Å². The third-order valence-electron chi connectivity index (χ3n) is 2.92. The van der Waals surface area contributed by atoms with Gasteiger partial charge in [0.1, 0.15) is 5.82 Å². The molecule has 5 nitrogen and oxygen atoms in total. The summed E-state index contributed by atoms with van der Waals surface area (Å²) in [6, 6.07) is 3.88. The van der Waals surface area contributed by atoms with E-state index in [2.05, 4.69) is 9.71 Å². The van der Waals surface area contributed by atoms with Crippen molar-refractivity contribution >= 4 is 33.0 Å². The van der Waals surface area contributed by atoms with Crippen LogP contribution in [0.1, 0.15) is 11.1 Å². The molecule has 0 amide bonds. The van der Waals surface area contributed by atoms with E-state index >= 15 is 0 Å². The van der Waals surface area contributed by atoms with Gasteiger partial charge in [-0.05, 0) is 43.2 Å². The summed E-state index contributed by atoms with van der Waals surface area (Å²) < 4.78 is 40.5. The van der Waals surface area contributed by atoms with Gasteiger partial charge >= 0.3 is 0 Å². The van der Waals surface area contributed by atoms with Crippen molar-refractivity contribution in [2.75, 3.05) is 10.5 Å². The first-order valence-corrected chi connectivity index (χ1v) is 7.78. The minimum atomic E-state index is -3.94. The fourth-order valence-corrected chi connectivity index (χ4v) is 3.33. The fourth-order valence-electron chi connectivity index (χ4n) is 1.76. The summed E-state index contributed by atoms with van der Waals surface area (Å²) in [7, 11) is -3.94. The molecule has 0 aliphatic rings. The standard InChI is InChI=1S/C13H13ClFN3O2S/c1-7-3-4-17-13(14)12(7)18-21(19,20)9-5-8(2)11(15)10(16)6-9/h3-6,18H,16H2,1-2H3. The number of aryl methyl sites for hydroxylation is 2. The lowest BCUT2D eigenvalue weighted by atomic mass is 10.2. The summed E-state index contributed by atoms with van der Waals surface area (Å²) in [4.78, 5) is 3.68. The van der Waals surface area contributed by atoms with Crippen LogP contribution >= 0.6 is 11.6 Å². The first kappa shape index (κ1) is 15.5. The van der Waals surface area contributed by atoms with Gasteiger partial charge in [-0.25, -0.2) is 17.8 Å². The van der Waals surface area contributed by atoms with Gasteiger partial charge in [0.25, 0.3) is 10.0 Å². The van der Waals surface area contributed by atoms with E-state index in [-0.39, 0.29) is 27.0 Å². The van der Waals surface area contributed by atoms with Gasteiger partial charge in [-0.1, -0.05) is 11.6 Å². The van der Waals surface area contributed by atoms with Crippen molar-refractivity contribution in [1.29, 1.82) is 0 Å². The maximum Gasteiger partial charge on any atom is 0.262 e. The number of pyridine rings is 1. The smallest absolute Gasteiger partial charge is 0.262 e. The summed E-state index contributed by atoms with van der Waals surface area (Å²) in [6.45, 7) is 3.13. The molecule has 8 heteroatoms. The van der Waals surface area contributed by atoms with Crippen LogP contribution in [0.15, 0.2) is 29.3 Å². The maximum atomic E-state index is 13.5. The van der Waals surface area contributed by atoms with Crippen molar-refractivity contribution in [3.8, 4) is 0 Å². The van der Waals surface area contributed by atoms with Crippen LogP contribution in [0.25, 0.3) is 0 Å². The quantitative estimate of drug-likeness (QED) is 0.669. The zero-order chi connectivity index (χ0) is 15.8. The monoisotopic (exact) mass is 329 g/mol. The van der Waals surface area contributed by atoms with Crippen LogP contribution in [0.3, 0.4) is 0 Å². The van der Waals surface area contributed by atoms with E-state index in [4.69, 9.17) is 17.3 Å². The number of halogens is 2. The third-order valence-corrected chi connectivity index (χ3v) is 4.53. The van der Waals surface area contributed by atoms with Crippen LogP contribution < -0.4 is 10.5 Å². The third kappa shape index (κ3) is 3.08. The molecule has 0 fully saturated rings. The minimum absolute atomic E-state index is 0.0328. The second-order valence-electron chi connectivity index (χ2n) is 4.54. The molecule has 0 spiro atoms. The Hall–Kier alpha value is -1.86. The number of nitrogens with two attached hydrogens (primary N) is 1. The van der Waals surface area contributed by atoms with Gasteiger partial charge in [0.05, 0.1) is 16.3 Å². The number of sulfonamides is 1. The highest BCUT2D eigenvalue weighted by molar-refractivity contribution is 7.92. The zero-order valence-corrected chi connectivity index (χ0v) is 12.9. The molecule has 2 rings (SSSR count). The molecule has 1 heterocycles. The number of aromatic nitrogens is 1. The normalized spacial score (nSPS) is 11.4. The molecule has 0 saturated heterocycles. The molecular formula is C13H13ClFN3O2S. The van der Waals surface area contributed by atoms with Crippen LogP contribution in [-0.2, 0) is 10.0 Å². The number of benzene rings is 1. The van der Waals surface area contributed by atoms with Gasteiger partial charge < -0.3 is 5.73 Å². The van der Waals surface area contributed by atoms with Crippen molar-refractivity contribution in [3.05, 3.63) is 46.5 Å². The Morgan fingerprint density at radius 2 is 1.95 bits per heavy atom. The van der Waals surface area contributed by atoms with Gasteiger partial charge in [-0.15, -0.1) is 0 Å². The van der Waals surface area contributed by atoms with Gasteiger partial charge in [-0.3, -0.25) is 4.72 Å². The van der Waals surface area contributed by atoms with Crippen LogP contribution in [0, 0.1) is 19.7 Å².